The first-order valence-corrected chi connectivity index (χ1v) is 11.1. The third kappa shape index (κ3) is 3.16. The summed E-state index contributed by atoms with van der Waals surface area (Å²) in [5.41, 5.74) is -0.446. The van der Waals surface area contributed by atoms with Gasteiger partial charge in [-0.2, -0.15) is 4.98 Å². The Morgan fingerprint density at radius 1 is 1.32 bits per heavy atom. The predicted octanol–water partition coefficient (Wildman–Crippen LogP) is 1.99. The standard InChI is InChI=1S/C19H24N4O4S/c1-18(2)13-6-8-19(18,15(24)11-13)12-28(25,26)21-10-7-16-22-17(23-27-16)14-5-3-4-9-20-14/h3-5,9,13,21H,6-8,10-12H2,1-2H3/t13-,19-/m1/s1. The van der Waals surface area contributed by atoms with Crippen LogP contribution in [-0.4, -0.2) is 41.6 Å². The number of nitrogens with one attached hydrogen (secondary N) is 1. The molecule has 4 rings (SSSR count). The zero-order valence-electron chi connectivity index (χ0n) is 16.0. The number of hydrogen-bond donors (Lipinski definition) is 1. The van der Waals surface area contributed by atoms with E-state index in [2.05, 4.69) is 19.8 Å². The molecule has 0 unspecified atom stereocenters. The van der Waals surface area contributed by atoms with Crippen LogP contribution in [-0.2, 0) is 21.2 Å². The number of fused-ring (bicyclic) bond motifs is 2. The van der Waals surface area contributed by atoms with Crippen molar-refractivity contribution in [1.82, 2.24) is 19.8 Å². The van der Waals surface area contributed by atoms with Gasteiger partial charge < -0.3 is 4.52 Å². The average Bonchev–Trinajstić information content (AvgIpc) is 3.25. The van der Waals surface area contributed by atoms with E-state index in [0.717, 1.165) is 6.42 Å². The van der Waals surface area contributed by atoms with E-state index in [1.165, 1.54) is 0 Å². The molecule has 0 amide bonds. The SMILES string of the molecule is CC1(C)[C@@H]2CC[C@@]1(CS(=O)(=O)NCCc1nc(-c3ccccn3)no1)C(=O)C2. The fourth-order valence-electron chi connectivity index (χ4n) is 4.75. The summed E-state index contributed by atoms with van der Waals surface area (Å²) in [5.74, 6) is 0.938. The lowest BCUT2D eigenvalue weighted by molar-refractivity contribution is -0.128. The van der Waals surface area contributed by atoms with Gasteiger partial charge in [-0.05, 0) is 36.3 Å². The first-order chi connectivity index (χ1) is 13.2. The second-order valence-electron chi connectivity index (χ2n) is 8.30. The van der Waals surface area contributed by atoms with Gasteiger partial charge in [-0.1, -0.05) is 25.1 Å². The summed E-state index contributed by atoms with van der Waals surface area (Å²) in [4.78, 5) is 21.0. The molecule has 2 atom stereocenters. The van der Waals surface area contributed by atoms with Gasteiger partial charge in [0.05, 0.1) is 5.75 Å². The number of sulfonamides is 1. The highest BCUT2D eigenvalue weighted by Gasteiger charge is 2.65. The number of pyridine rings is 1. The fraction of sp³-hybridized carbons (Fsp3) is 0.579. The van der Waals surface area contributed by atoms with Gasteiger partial charge in [-0.3, -0.25) is 9.78 Å². The Bertz CT molecular complexity index is 986. The third-order valence-electron chi connectivity index (χ3n) is 6.60. The number of carbonyl (C=O) groups excluding carboxylic acids is 1. The van der Waals surface area contributed by atoms with Gasteiger partial charge in [0.1, 0.15) is 11.5 Å². The molecule has 0 aliphatic heterocycles. The number of carbonyl (C=O) groups is 1. The van der Waals surface area contributed by atoms with Crippen molar-refractivity contribution in [3.8, 4) is 11.5 Å². The summed E-state index contributed by atoms with van der Waals surface area (Å²) in [6, 6.07) is 5.39. The molecule has 2 heterocycles. The van der Waals surface area contributed by atoms with E-state index < -0.39 is 15.4 Å². The van der Waals surface area contributed by atoms with E-state index in [0.29, 0.717) is 36.2 Å². The highest BCUT2D eigenvalue weighted by atomic mass is 32.2. The van der Waals surface area contributed by atoms with Crippen LogP contribution >= 0.6 is 0 Å². The van der Waals surface area contributed by atoms with Crippen LogP contribution in [0.2, 0.25) is 0 Å². The summed E-state index contributed by atoms with van der Waals surface area (Å²) < 4.78 is 33.1. The number of Topliss-reactive ketones (excluding diaryl/α,β-unsaturated/α-hetero) is 1. The molecule has 2 fully saturated rings. The molecule has 2 saturated carbocycles. The topological polar surface area (TPSA) is 115 Å². The zero-order valence-corrected chi connectivity index (χ0v) is 16.8. The molecule has 2 aliphatic carbocycles. The molecule has 0 radical (unpaired) electrons. The van der Waals surface area contributed by atoms with Crippen LogP contribution in [0.1, 0.15) is 39.0 Å². The lowest BCUT2D eigenvalue weighted by Crippen LogP contribution is -2.45. The fourth-order valence-corrected chi connectivity index (χ4v) is 6.59. The maximum absolute atomic E-state index is 12.7. The molecule has 0 saturated heterocycles. The second-order valence-corrected chi connectivity index (χ2v) is 10.1. The Morgan fingerprint density at radius 3 is 2.79 bits per heavy atom. The first-order valence-electron chi connectivity index (χ1n) is 9.48. The Labute approximate surface area is 164 Å². The Hall–Kier alpha value is -2.13. The monoisotopic (exact) mass is 404 g/mol. The maximum atomic E-state index is 12.7. The lowest BCUT2D eigenvalue weighted by atomic mass is 9.70. The molecule has 8 nitrogen and oxygen atoms in total. The molecule has 2 aliphatic rings. The van der Waals surface area contributed by atoms with Crippen LogP contribution in [0, 0.1) is 16.7 Å². The van der Waals surface area contributed by atoms with Gasteiger partial charge in [-0.25, -0.2) is 13.1 Å². The van der Waals surface area contributed by atoms with Crippen LogP contribution in [0.25, 0.3) is 11.5 Å². The molecule has 2 aromatic rings. The van der Waals surface area contributed by atoms with E-state index in [-0.39, 0.29) is 29.9 Å². The van der Waals surface area contributed by atoms with E-state index in [1.807, 2.05) is 19.9 Å². The van der Waals surface area contributed by atoms with E-state index in [4.69, 9.17) is 4.52 Å². The van der Waals surface area contributed by atoms with Gasteiger partial charge in [0.2, 0.25) is 21.7 Å². The lowest BCUT2D eigenvalue weighted by Gasteiger charge is -2.36. The second kappa shape index (κ2) is 6.73. The zero-order chi connectivity index (χ0) is 20.0. The number of rotatable bonds is 7. The highest BCUT2D eigenvalue weighted by molar-refractivity contribution is 7.89. The van der Waals surface area contributed by atoms with E-state index in [9.17, 15) is 13.2 Å². The smallest absolute Gasteiger partial charge is 0.228 e. The van der Waals surface area contributed by atoms with Crippen molar-refractivity contribution in [2.24, 2.45) is 16.7 Å². The Balaban J connectivity index is 1.38. The molecule has 0 aromatic carbocycles. The van der Waals surface area contributed by atoms with Crippen molar-refractivity contribution in [3.63, 3.8) is 0 Å². The molecular weight excluding hydrogens is 380 g/mol. The number of hydrogen-bond acceptors (Lipinski definition) is 7. The van der Waals surface area contributed by atoms with Crippen LogP contribution < -0.4 is 4.72 Å². The van der Waals surface area contributed by atoms with Crippen molar-refractivity contribution >= 4 is 15.8 Å². The summed E-state index contributed by atoms with van der Waals surface area (Å²) in [6.07, 6.45) is 3.99. The Kier molecular flexibility index (Phi) is 4.62. The van der Waals surface area contributed by atoms with Gasteiger partial charge in [0.25, 0.3) is 0 Å². The van der Waals surface area contributed by atoms with Crippen molar-refractivity contribution in [2.45, 2.75) is 39.5 Å². The summed E-state index contributed by atoms with van der Waals surface area (Å²) in [5, 5.41) is 3.87. The number of aromatic nitrogens is 3. The van der Waals surface area contributed by atoms with Crippen LogP contribution in [0.4, 0.5) is 0 Å². The molecule has 1 N–H and O–H groups in total. The van der Waals surface area contributed by atoms with Crippen molar-refractivity contribution in [2.75, 3.05) is 12.3 Å². The van der Waals surface area contributed by atoms with Gasteiger partial charge in [0.15, 0.2) is 0 Å². The van der Waals surface area contributed by atoms with Crippen LogP contribution in [0.5, 0.6) is 0 Å². The van der Waals surface area contributed by atoms with Crippen molar-refractivity contribution in [3.05, 3.63) is 30.3 Å². The molecule has 150 valence electrons. The molecule has 9 heteroatoms. The van der Waals surface area contributed by atoms with Crippen LogP contribution in [0.3, 0.4) is 0 Å². The first kappa shape index (κ1) is 19.2. The number of ketones is 1. The minimum absolute atomic E-state index is 0.0935. The van der Waals surface area contributed by atoms with E-state index in [1.54, 1.807) is 18.3 Å². The molecule has 0 spiro atoms. The van der Waals surface area contributed by atoms with Gasteiger partial charge >= 0.3 is 0 Å². The summed E-state index contributed by atoms with van der Waals surface area (Å²) >= 11 is 0. The summed E-state index contributed by atoms with van der Waals surface area (Å²) in [6.45, 7) is 4.20. The van der Waals surface area contributed by atoms with Crippen LogP contribution in [0.15, 0.2) is 28.9 Å². The molecule has 28 heavy (non-hydrogen) atoms. The molecule has 2 aromatic heterocycles. The minimum atomic E-state index is -3.60. The molecular formula is C19H24N4O4S. The van der Waals surface area contributed by atoms with Crippen molar-refractivity contribution < 1.29 is 17.7 Å². The highest BCUT2D eigenvalue weighted by Crippen LogP contribution is 2.64. The predicted molar refractivity (Wildman–Crippen MR) is 102 cm³/mol. The maximum Gasteiger partial charge on any atom is 0.228 e. The third-order valence-corrected chi connectivity index (χ3v) is 8.12. The van der Waals surface area contributed by atoms with E-state index >= 15 is 0 Å². The van der Waals surface area contributed by atoms with Gasteiger partial charge in [0, 0.05) is 31.0 Å². The summed E-state index contributed by atoms with van der Waals surface area (Å²) in [7, 11) is -3.60. The minimum Gasteiger partial charge on any atom is -0.339 e. The average molecular weight is 404 g/mol. The largest absolute Gasteiger partial charge is 0.339 e. The van der Waals surface area contributed by atoms with Gasteiger partial charge in [-0.15, -0.1) is 0 Å². The normalized spacial score (nSPS) is 26.1. The quantitative estimate of drug-likeness (QED) is 0.750. The Morgan fingerprint density at radius 2 is 2.14 bits per heavy atom. The number of nitrogens with zero attached hydrogens (tertiary/aromatic N) is 3. The van der Waals surface area contributed by atoms with Crippen molar-refractivity contribution in [1.29, 1.82) is 0 Å². The molecule has 2 bridgehead atoms.